The molecule has 1 aromatic rings. The SMILES string of the molecule is CC(N[S+]([O-])C(C)(C)C)c1ccccc1CN. The van der Waals surface area contributed by atoms with E-state index in [0.29, 0.717) is 6.54 Å². The highest BCUT2D eigenvalue weighted by Crippen LogP contribution is 2.21. The first-order chi connectivity index (χ1) is 7.86. The molecule has 2 unspecified atom stereocenters. The van der Waals surface area contributed by atoms with Crippen molar-refractivity contribution < 1.29 is 4.55 Å². The van der Waals surface area contributed by atoms with Gasteiger partial charge in [-0.05, 0) is 38.8 Å². The second-order valence-electron chi connectivity index (χ2n) is 5.12. The molecule has 0 saturated carbocycles. The molecule has 0 aliphatic carbocycles. The van der Waals surface area contributed by atoms with Gasteiger partial charge in [0.2, 0.25) is 0 Å². The fourth-order valence-corrected chi connectivity index (χ4v) is 2.34. The average molecular weight is 254 g/mol. The Morgan fingerprint density at radius 3 is 2.47 bits per heavy atom. The van der Waals surface area contributed by atoms with Gasteiger partial charge < -0.3 is 10.3 Å². The Morgan fingerprint density at radius 1 is 1.35 bits per heavy atom. The molecule has 0 radical (unpaired) electrons. The Hall–Kier alpha value is -0.550. The van der Waals surface area contributed by atoms with E-state index in [0.717, 1.165) is 11.1 Å². The topological polar surface area (TPSA) is 61.1 Å². The maximum absolute atomic E-state index is 12.0. The molecule has 1 aromatic carbocycles. The average Bonchev–Trinajstić information content (AvgIpc) is 2.27. The molecule has 4 heteroatoms. The monoisotopic (exact) mass is 254 g/mol. The first kappa shape index (κ1) is 14.5. The van der Waals surface area contributed by atoms with Gasteiger partial charge in [-0.15, -0.1) is 4.72 Å². The molecule has 96 valence electrons. The summed E-state index contributed by atoms with van der Waals surface area (Å²) < 4.78 is 14.9. The fourth-order valence-electron chi connectivity index (χ4n) is 1.54. The summed E-state index contributed by atoms with van der Waals surface area (Å²) >= 11 is -1.07. The number of rotatable bonds is 4. The van der Waals surface area contributed by atoms with Crippen LogP contribution in [-0.2, 0) is 17.9 Å². The van der Waals surface area contributed by atoms with E-state index in [1.165, 1.54) is 0 Å². The standard InChI is InChI=1S/C13H22N2OS/c1-10(15-17(16)13(2,3)4)12-8-6-5-7-11(12)9-14/h5-8,10,15H,9,14H2,1-4H3. The number of nitrogens with one attached hydrogen (secondary N) is 1. The molecule has 0 saturated heterocycles. The lowest BCUT2D eigenvalue weighted by Gasteiger charge is -2.27. The van der Waals surface area contributed by atoms with E-state index < -0.39 is 11.4 Å². The van der Waals surface area contributed by atoms with Crippen LogP contribution in [0.25, 0.3) is 0 Å². The lowest BCUT2D eigenvalue weighted by atomic mass is 10.0. The summed E-state index contributed by atoms with van der Waals surface area (Å²) in [6, 6.07) is 8.02. The number of hydrogen-bond acceptors (Lipinski definition) is 3. The van der Waals surface area contributed by atoms with Crippen molar-refractivity contribution in [2.24, 2.45) is 5.73 Å². The lowest BCUT2D eigenvalue weighted by Crippen LogP contribution is -2.40. The third-order valence-electron chi connectivity index (χ3n) is 2.58. The van der Waals surface area contributed by atoms with Crippen LogP contribution in [0, 0.1) is 0 Å². The van der Waals surface area contributed by atoms with Crippen LogP contribution in [0.5, 0.6) is 0 Å². The maximum atomic E-state index is 12.0. The zero-order valence-electron chi connectivity index (χ0n) is 11.0. The fraction of sp³-hybridized carbons (Fsp3) is 0.538. The first-order valence-electron chi connectivity index (χ1n) is 5.82. The van der Waals surface area contributed by atoms with Crippen molar-refractivity contribution in [1.29, 1.82) is 0 Å². The molecule has 0 aliphatic heterocycles. The Labute approximate surface area is 107 Å². The molecular weight excluding hydrogens is 232 g/mol. The second-order valence-corrected chi connectivity index (χ2v) is 7.12. The Kier molecular flexibility index (Phi) is 5.01. The minimum atomic E-state index is -1.07. The van der Waals surface area contributed by atoms with Crippen LogP contribution < -0.4 is 10.5 Å². The Bertz CT molecular complexity index is 363. The van der Waals surface area contributed by atoms with Crippen molar-refractivity contribution in [2.75, 3.05) is 0 Å². The van der Waals surface area contributed by atoms with Crippen LogP contribution in [0.15, 0.2) is 24.3 Å². The maximum Gasteiger partial charge on any atom is 0.136 e. The summed E-state index contributed by atoms with van der Waals surface area (Å²) in [6.45, 7) is 8.38. The zero-order chi connectivity index (χ0) is 13.1. The molecule has 17 heavy (non-hydrogen) atoms. The summed E-state index contributed by atoms with van der Waals surface area (Å²) in [5.74, 6) is 0. The molecule has 0 aliphatic rings. The van der Waals surface area contributed by atoms with Gasteiger partial charge in [-0.3, -0.25) is 0 Å². The van der Waals surface area contributed by atoms with Crippen molar-refractivity contribution >= 4 is 11.4 Å². The van der Waals surface area contributed by atoms with Crippen molar-refractivity contribution in [1.82, 2.24) is 4.72 Å². The highest BCUT2D eigenvalue weighted by Gasteiger charge is 2.28. The minimum Gasteiger partial charge on any atom is -0.598 e. The van der Waals surface area contributed by atoms with Gasteiger partial charge in [0.25, 0.3) is 0 Å². The van der Waals surface area contributed by atoms with Crippen molar-refractivity contribution in [3.05, 3.63) is 35.4 Å². The molecule has 0 fully saturated rings. The molecule has 0 heterocycles. The van der Waals surface area contributed by atoms with Crippen molar-refractivity contribution in [2.45, 2.75) is 45.0 Å². The Morgan fingerprint density at radius 2 is 1.94 bits per heavy atom. The van der Waals surface area contributed by atoms with Crippen LogP contribution in [-0.4, -0.2) is 9.30 Å². The van der Waals surface area contributed by atoms with E-state index in [4.69, 9.17) is 5.73 Å². The molecular formula is C13H22N2OS. The number of benzene rings is 1. The highest BCUT2D eigenvalue weighted by atomic mass is 32.2. The predicted molar refractivity (Wildman–Crippen MR) is 73.8 cm³/mol. The number of hydrogen-bond donors (Lipinski definition) is 2. The van der Waals surface area contributed by atoms with Crippen LogP contribution >= 0.6 is 0 Å². The molecule has 0 bridgehead atoms. The first-order valence-corrected chi connectivity index (χ1v) is 6.97. The molecule has 0 spiro atoms. The van der Waals surface area contributed by atoms with Crippen LogP contribution in [0.2, 0.25) is 0 Å². The second kappa shape index (κ2) is 5.87. The largest absolute Gasteiger partial charge is 0.598 e. The van der Waals surface area contributed by atoms with Gasteiger partial charge in [0, 0.05) is 17.9 Å². The van der Waals surface area contributed by atoms with Crippen molar-refractivity contribution in [3.63, 3.8) is 0 Å². The third kappa shape index (κ3) is 4.00. The van der Waals surface area contributed by atoms with Gasteiger partial charge in [-0.2, -0.15) is 0 Å². The van der Waals surface area contributed by atoms with Crippen LogP contribution in [0.4, 0.5) is 0 Å². The van der Waals surface area contributed by atoms with E-state index in [1.54, 1.807) is 0 Å². The smallest absolute Gasteiger partial charge is 0.136 e. The predicted octanol–water partition coefficient (Wildman–Crippen LogP) is 2.26. The molecule has 0 amide bonds. The molecule has 3 nitrogen and oxygen atoms in total. The van der Waals surface area contributed by atoms with E-state index in [-0.39, 0.29) is 10.8 Å². The van der Waals surface area contributed by atoms with Gasteiger partial charge in [0.15, 0.2) is 0 Å². The van der Waals surface area contributed by atoms with E-state index in [9.17, 15) is 4.55 Å². The van der Waals surface area contributed by atoms with E-state index in [2.05, 4.69) is 4.72 Å². The quantitative estimate of drug-likeness (QED) is 0.810. The van der Waals surface area contributed by atoms with Gasteiger partial charge >= 0.3 is 0 Å². The van der Waals surface area contributed by atoms with Crippen LogP contribution in [0.3, 0.4) is 0 Å². The van der Waals surface area contributed by atoms with Crippen molar-refractivity contribution in [3.8, 4) is 0 Å². The summed E-state index contributed by atoms with van der Waals surface area (Å²) in [5, 5.41) is 0. The third-order valence-corrected chi connectivity index (χ3v) is 4.26. The van der Waals surface area contributed by atoms with Gasteiger partial charge in [-0.1, -0.05) is 24.3 Å². The molecule has 2 atom stereocenters. The summed E-state index contributed by atoms with van der Waals surface area (Å²) in [6.07, 6.45) is 0. The molecule has 0 aromatic heterocycles. The summed E-state index contributed by atoms with van der Waals surface area (Å²) in [4.78, 5) is 0. The van der Waals surface area contributed by atoms with Crippen LogP contribution in [0.1, 0.15) is 44.9 Å². The van der Waals surface area contributed by atoms with E-state index >= 15 is 0 Å². The summed E-state index contributed by atoms with van der Waals surface area (Å²) in [7, 11) is 0. The van der Waals surface area contributed by atoms with Gasteiger partial charge in [0.1, 0.15) is 4.75 Å². The molecule has 1 rings (SSSR count). The Balaban J connectivity index is 2.79. The van der Waals surface area contributed by atoms with E-state index in [1.807, 2.05) is 52.0 Å². The number of nitrogens with two attached hydrogens (primary N) is 1. The zero-order valence-corrected chi connectivity index (χ0v) is 11.8. The lowest BCUT2D eigenvalue weighted by molar-refractivity contribution is 0.530. The highest BCUT2D eigenvalue weighted by molar-refractivity contribution is 7.90. The van der Waals surface area contributed by atoms with Gasteiger partial charge in [0.05, 0.1) is 6.04 Å². The van der Waals surface area contributed by atoms with Gasteiger partial charge in [-0.25, -0.2) is 0 Å². The minimum absolute atomic E-state index is 0.0369. The summed E-state index contributed by atoms with van der Waals surface area (Å²) in [5.41, 5.74) is 7.92. The normalized spacial score (nSPS) is 15.6. The molecule has 3 N–H and O–H groups in total.